The fraction of sp³-hybridized carbons (Fsp3) is 0. The van der Waals surface area contributed by atoms with E-state index in [1.807, 2.05) is 48.7 Å². The van der Waals surface area contributed by atoms with Crippen LogP contribution in [0, 0.1) is 11.3 Å². The zero-order chi connectivity index (χ0) is 31.1. The van der Waals surface area contributed by atoms with Gasteiger partial charge in [0.05, 0.1) is 17.3 Å². The molecular weight excluding hydrogens is 572 g/mol. The van der Waals surface area contributed by atoms with E-state index in [0.717, 1.165) is 55.8 Å². The van der Waals surface area contributed by atoms with Gasteiger partial charge in [-0.05, 0) is 102 Å². The van der Waals surface area contributed by atoms with Crippen molar-refractivity contribution in [3.63, 3.8) is 0 Å². The zero-order valence-corrected chi connectivity index (χ0v) is 25.2. The van der Waals surface area contributed by atoms with E-state index >= 15 is 0 Å². The van der Waals surface area contributed by atoms with Gasteiger partial charge in [-0.1, -0.05) is 103 Å². The van der Waals surface area contributed by atoms with Crippen LogP contribution < -0.4 is 4.74 Å². The average Bonchev–Trinajstić information content (AvgIpc) is 3.14. The summed E-state index contributed by atoms with van der Waals surface area (Å²) >= 11 is 0. The number of aromatic nitrogens is 1. The van der Waals surface area contributed by atoms with Gasteiger partial charge >= 0.3 is 0 Å². The van der Waals surface area contributed by atoms with Crippen molar-refractivity contribution < 1.29 is 4.74 Å². The molecule has 2 heterocycles. The lowest BCUT2D eigenvalue weighted by Crippen LogP contribution is -1.98. The predicted octanol–water partition coefficient (Wildman–Crippen LogP) is 11.8. The third-order valence-corrected chi connectivity index (χ3v) is 9.74. The fourth-order valence-electron chi connectivity index (χ4n) is 7.58. The molecule has 0 bridgehead atoms. The summed E-state index contributed by atoms with van der Waals surface area (Å²) in [4.78, 5) is 4.67. The predicted molar refractivity (Wildman–Crippen MR) is 192 cm³/mol. The third kappa shape index (κ3) is 3.76. The second-order valence-corrected chi connectivity index (χ2v) is 12.2. The van der Waals surface area contributed by atoms with Crippen LogP contribution in [0.1, 0.15) is 5.56 Å². The maximum Gasteiger partial charge on any atom is 0.136 e. The molecule has 9 aromatic rings. The molecule has 0 saturated heterocycles. The van der Waals surface area contributed by atoms with Crippen LogP contribution in [0.3, 0.4) is 0 Å². The van der Waals surface area contributed by atoms with E-state index in [1.165, 1.54) is 43.4 Å². The number of pyridine rings is 1. The summed E-state index contributed by atoms with van der Waals surface area (Å²) < 4.78 is 6.33. The van der Waals surface area contributed by atoms with Crippen LogP contribution in [0.25, 0.3) is 87.7 Å². The quantitative estimate of drug-likeness (QED) is 0.191. The summed E-state index contributed by atoms with van der Waals surface area (Å²) in [6.45, 7) is 0. The van der Waals surface area contributed by atoms with Gasteiger partial charge in [-0.15, -0.1) is 0 Å². The molecule has 3 heteroatoms. The third-order valence-electron chi connectivity index (χ3n) is 9.74. The Labute approximate surface area is 270 Å². The Morgan fingerprint density at radius 3 is 1.79 bits per heavy atom. The average molecular weight is 597 g/mol. The molecule has 0 spiro atoms. The normalized spacial score (nSPS) is 12.0. The Hall–Kier alpha value is -6.50. The molecule has 10 rings (SSSR count). The van der Waals surface area contributed by atoms with Gasteiger partial charge in [-0.2, -0.15) is 5.26 Å². The highest BCUT2D eigenvalue weighted by Crippen LogP contribution is 2.49. The molecule has 0 unspecified atom stereocenters. The number of hydrogen-bond acceptors (Lipinski definition) is 3. The molecule has 8 aromatic carbocycles. The standard InChI is InChI=1S/C44H24N2O/c45-25-26-7-16-34-38-22-21-32(35-4-3-6-40(44(35)38)47-41(34)24-26)28-10-8-27(9-11-28)31-17-12-29-15-20-37-33(39-5-1-2-23-46-39)18-13-30-14-19-36(31)42(29)43(30)37/h1-24H. The summed E-state index contributed by atoms with van der Waals surface area (Å²) in [6, 6.07) is 51.5. The van der Waals surface area contributed by atoms with Gasteiger partial charge in [0, 0.05) is 22.7 Å². The van der Waals surface area contributed by atoms with Gasteiger partial charge in [-0.25, -0.2) is 0 Å². The second-order valence-electron chi connectivity index (χ2n) is 12.2. The summed E-state index contributed by atoms with van der Waals surface area (Å²) in [5, 5.41) is 19.2. The minimum absolute atomic E-state index is 0.593. The highest BCUT2D eigenvalue weighted by Gasteiger charge is 2.22. The smallest absolute Gasteiger partial charge is 0.136 e. The molecule has 47 heavy (non-hydrogen) atoms. The van der Waals surface area contributed by atoms with Gasteiger partial charge in [0.15, 0.2) is 0 Å². The highest BCUT2D eigenvalue weighted by molar-refractivity contribution is 6.27. The van der Waals surface area contributed by atoms with Crippen LogP contribution in [-0.2, 0) is 0 Å². The minimum Gasteiger partial charge on any atom is -0.456 e. The summed E-state index contributed by atoms with van der Waals surface area (Å²) in [5.74, 6) is 1.54. The van der Waals surface area contributed by atoms with Gasteiger partial charge in [0.2, 0.25) is 0 Å². The highest BCUT2D eigenvalue weighted by atomic mass is 16.5. The van der Waals surface area contributed by atoms with E-state index in [-0.39, 0.29) is 0 Å². The lowest BCUT2D eigenvalue weighted by Gasteiger charge is -2.22. The van der Waals surface area contributed by atoms with Crippen LogP contribution in [0.4, 0.5) is 0 Å². The first kappa shape index (κ1) is 25.8. The number of fused-ring (bicyclic) bond motifs is 2. The number of ether oxygens (including phenoxy) is 1. The second kappa shape index (κ2) is 9.75. The van der Waals surface area contributed by atoms with Gasteiger partial charge in [-0.3, -0.25) is 4.98 Å². The SMILES string of the molecule is N#Cc1ccc2c(c1)Oc1cccc3c(-c4ccc(-c5ccc6ccc7c(-c8ccccn8)ccc8ccc5c6c87)cc4)ccc-2c13. The van der Waals surface area contributed by atoms with Gasteiger partial charge in [0.25, 0.3) is 0 Å². The van der Waals surface area contributed by atoms with Crippen LogP contribution in [0.15, 0.2) is 146 Å². The first-order valence-electron chi connectivity index (χ1n) is 15.8. The van der Waals surface area contributed by atoms with Crippen molar-refractivity contribution in [3.05, 3.63) is 151 Å². The summed E-state index contributed by atoms with van der Waals surface area (Å²) in [6.07, 6.45) is 1.86. The number of rotatable bonds is 3. The van der Waals surface area contributed by atoms with E-state index in [1.54, 1.807) is 0 Å². The van der Waals surface area contributed by atoms with Crippen LogP contribution >= 0.6 is 0 Å². The number of benzene rings is 8. The first-order valence-corrected chi connectivity index (χ1v) is 15.8. The number of nitriles is 1. The van der Waals surface area contributed by atoms with Crippen molar-refractivity contribution in [2.75, 3.05) is 0 Å². The largest absolute Gasteiger partial charge is 0.456 e. The molecule has 216 valence electrons. The lowest BCUT2D eigenvalue weighted by molar-refractivity contribution is 0.487. The van der Waals surface area contributed by atoms with Crippen LogP contribution in [-0.4, -0.2) is 4.98 Å². The fourth-order valence-corrected chi connectivity index (χ4v) is 7.58. The van der Waals surface area contributed by atoms with Crippen molar-refractivity contribution in [3.8, 4) is 62.2 Å². The maximum absolute atomic E-state index is 9.40. The molecule has 0 saturated carbocycles. The van der Waals surface area contributed by atoms with Crippen molar-refractivity contribution in [2.24, 2.45) is 0 Å². The molecule has 0 radical (unpaired) electrons. The van der Waals surface area contributed by atoms with E-state index in [0.29, 0.717) is 5.56 Å². The number of nitrogens with zero attached hydrogens (tertiary/aromatic N) is 2. The molecular formula is C44H24N2O. The monoisotopic (exact) mass is 596 g/mol. The Balaban J connectivity index is 1.10. The molecule has 0 aliphatic carbocycles. The van der Waals surface area contributed by atoms with Crippen molar-refractivity contribution in [1.29, 1.82) is 5.26 Å². The van der Waals surface area contributed by atoms with Crippen molar-refractivity contribution in [1.82, 2.24) is 4.98 Å². The molecule has 0 fully saturated rings. The van der Waals surface area contributed by atoms with Crippen LogP contribution in [0.2, 0.25) is 0 Å². The zero-order valence-electron chi connectivity index (χ0n) is 25.2. The Morgan fingerprint density at radius 1 is 0.468 bits per heavy atom. The maximum atomic E-state index is 9.40. The van der Waals surface area contributed by atoms with Crippen LogP contribution in [0.5, 0.6) is 11.5 Å². The van der Waals surface area contributed by atoms with E-state index in [2.05, 4.69) is 108 Å². The van der Waals surface area contributed by atoms with Gasteiger partial charge < -0.3 is 4.74 Å². The number of hydrogen-bond donors (Lipinski definition) is 0. The van der Waals surface area contributed by atoms with Gasteiger partial charge in [0.1, 0.15) is 11.5 Å². The Bertz CT molecular complexity index is 2760. The van der Waals surface area contributed by atoms with E-state index in [9.17, 15) is 5.26 Å². The minimum atomic E-state index is 0.593. The van der Waals surface area contributed by atoms with E-state index < -0.39 is 0 Å². The van der Waals surface area contributed by atoms with E-state index in [4.69, 9.17) is 4.74 Å². The van der Waals surface area contributed by atoms with Crippen molar-refractivity contribution in [2.45, 2.75) is 0 Å². The van der Waals surface area contributed by atoms with Crippen molar-refractivity contribution >= 4 is 43.1 Å². The topological polar surface area (TPSA) is 45.9 Å². The molecule has 1 aromatic heterocycles. The Morgan fingerprint density at radius 2 is 1.09 bits per heavy atom. The molecule has 0 atom stereocenters. The summed E-state index contributed by atoms with van der Waals surface area (Å²) in [5.41, 5.74) is 9.60. The molecule has 3 nitrogen and oxygen atoms in total. The summed E-state index contributed by atoms with van der Waals surface area (Å²) in [7, 11) is 0. The first-order chi connectivity index (χ1) is 23.2. The molecule has 1 aliphatic rings. The molecule has 1 aliphatic heterocycles. The lowest BCUT2D eigenvalue weighted by atomic mass is 9.87. The Kier molecular flexibility index (Phi) is 5.35. The molecule has 0 amide bonds. The molecule has 0 N–H and O–H groups in total.